The lowest BCUT2D eigenvalue weighted by molar-refractivity contribution is -0.921. The second kappa shape index (κ2) is 7.52. The number of hydrogen-bond donors (Lipinski definition) is 1. The summed E-state index contributed by atoms with van der Waals surface area (Å²) in [6.07, 6.45) is 1.53. The Morgan fingerprint density at radius 2 is 1.81 bits per heavy atom. The Morgan fingerprint density at radius 3 is 2.52 bits per heavy atom. The van der Waals surface area contributed by atoms with Gasteiger partial charge in [0.25, 0.3) is 0 Å². The zero-order valence-corrected chi connectivity index (χ0v) is 15.9. The zero-order chi connectivity index (χ0) is 19.0. The number of rotatable bonds is 3. The molecule has 2 aliphatic rings. The molecule has 2 aromatic carbocycles. The number of hydrogen-bond acceptors (Lipinski definition) is 4. The molecule has 2 heterocycles. The van der Waals surface area contributed by atoms with Crippen LogP contribution in [0.15, 0.2) is 36.1 Å². The van der Waals surface area contributed by atoms with Gasteiger partial charge in [0.15, 0.2) is 5.76 Å². The molecule has 27 heavy (non-hydrogen) atoms. The molecular weight excluding hydrogens is 389 g/mol. The lowest BCUT2D eigenvalue weighted by Crippen LogP contribution is -3.12. The van der Waals surface area contributed by atoms with E-state index in [4.69, 9.17) is 32.7 Å². The average Bonchev–Trinajstić information content (AvgIpc) is 2.98. The second-order valence-corrected chi connectivity index (χ2v) is 7.35. The highest BCUT2D eigenvalue weighted by Gasteiger charge is 2.31. The Labute approximate surface area is 166 Å². The zero-order valence-electron chi connectivity index (χ0n) is 14.4. The van der Waals surface area contributed by atoms with Crippen LogP contribution in [0, 0.1) is 0 Å². The van der Waals surface area contributed by atoms with Gasteiger partial charge >= 0.3 is 0 Å². The molecule has 0 bridgehead atoms. The van der Waals surface area contributed by atoms with Gasteiger partial charge in [0.2, 0.25) is 5.78 Å². The van der Waals surface area contributed by atoms with Gasteiger partial charge in [-0.1, -0.05) is 41.1 Å². The molecule has 2 aromatic rings. The summed E-state index contributed by atoms with van der Waals surface area (Å²) in [5.41, 5.74) is 1.43. The first-order valence-electron chi connectivity index (χ1n) is 8.67. The van der Waals surface area contributed by atoms with Gasteiger partial charge in [0, 0.05) is 21.2 Å². The summed E-state index contributed by atoms with van der Waals surface area (Å²) in [6.45, 7) is 3.45. The fourth-order valence-corrected chi connectivity index (χ4v) is 3.83. The second-order valence-electron chi connectivity index (χ2n) is 6.53. The standard InChI is InChI=1S/C20H17Cl2NO4/c21-15-2-1-3-16(22)13(15)10-18-19(25)12-4-5-17(24)14(20(12)27-18)11-23-6-8-26-9-7-23/h1-5,10,24H,6-9,11H2. The summed E-state index contributed by atoms with van der Waals surface area (Å²) < 4.78 is 11.2. The van der Waals surface area contributed by atoms with E-state index in [1.54, 1.807) is 18.2 Å². The minimum atomic E-state index is -0.279. The monoisotopic (exact) mass is 405 g/mol. The molecule has 0 amide bonds. The van der Waals surface area contributed by atoms with Gasteiger partial charge in [-0.2, -0.15) is 0 Å². The van der Waals surface area contributed by atoms with Crippen LogP contribution in [-0.2, 0) is 11.3 Å². The quantitative estimate of drug-likeness (QED) is 0.794. The number of halogens is 2. The number of fused-ring (bicyclic) bond motifs is 1. The number of benzene rings is 2. The molecule has 0 aliphatic carbocycles. The molecule has 7 heteroatoms. The lowest BCUT2D eigenvalue weighted by atomic mass is 10.0. The molecule has 0 saturated carbocycles. The Hall–Kier alpha value is -2.05. The van der Waals surface area contributed by atoms with Crippen molar-refractivity contribution in [3.8, 4) is 11.5 Å². The van der Waals surface area contributed by atoms with Crippen LogP contribution in [0.5, 0.6) is 11.5 Å². The van der Waals surface area contributed by atoms with E-state index in [0.29, 0.717) is 52.2 Å². The van der Waals surface area contributed by atoms with E-state index in [-0.39, 0.29) is 17.3 Å². The van der Waals surface area contributed by atoms with E-state index in [2.05, 4.69) is 0 Å². The maximum atomic E-state index is 12.8. The summed E-state index contributed by atoms with van der Waals surface area (Å²) >= 11 is 12.4. The molecule has 0 radical (unpaired) electrons. The minimum Gasteiger partial charge on any atom is -0.872 e. The largest absolute Gasteiger partial charge is 0.872 e. The Balaban J connectivity index is 1.69. The number of Topliss-reactive ketones (excluding diaryl/α,β-unsaturated/α-hetero) is 1. The van der Waals surface area contributed by atoms with Crippen LogP contribution in [0.1, 0.15) is 21.5 Å². The third kappa shape index (κ3) is 3.56. The van der Waals surface area contributed by atoms with E-state index in [0.717, 1.165) is 13.1 Å². The van der Waals surface area contributed by atoms with Gasteiger partial charge in [0.1, 0.15) is 25.4 Å². The van der Waals surface area contributed by atoms with E-state index in [1.165, 1.54) is 23.1 Å². The number of ether oxygens (including phenoxy) is 2. The molecule has 1 fully saturated rings. The first-order chi connectivity index (χ1) is 13.0. The topological polar surface area (TPSA) is 63.0 Å². The molecular formula is C20H17Cl2NO4. The highest BCUT2D eigenvalue weighted by Crippen LogP contribution is 2.39. The molecule has 0 unspecified atom stereocenters. The first kappa shape index (κ1) is 18.3. The van der Waals surface area contributed by atoms with Crippen LogP contribution in [0.4, 0.5) is 0 Å². The van der Waals surface area contributed by atoms with E-state index in [9.17, 15) is 9.90 Å². The Morgan fingerprint density at radius 1 is 1.11 bits per heavy atom. The van der Waals surface area contributed by atoms with Crippen molar-refractivity contribution in [2.45, 2.75) is 6.54 Å². The fraction of sp³-hybridized carbons (Fsp3) is 0.250. The van der Waals surface area contributed by atoms with Crippen LogP contribution < -0.4 is 14.7 Å². The van der Waals surface area contributed by atoms with E-state index < -0.39 is 0 Å². The maximum absolute atomic E-state index is 12.8. The molecule has 2 aliphatic heterocycles. The molecule has 5 nitrogen and oxygen atoms in total. The summed E-state index contributed by atoms with van der Waals surface area (Å²) in [5.74, 6) is 0.0570. The highest BCUT2D eigenvalue weighted by atomic mass is 35.5. The number of carbonyl (C=O) groups excluding carboxylic acids is 1. The lowest BCUT2D eigenvalue weighted by Gasteiger charge is -2.26. The summed E-state index contributed by atoms with van der Waals surface area (Å²) in [5, 5.41) is 13.3. The molecule has 0 spiro atoms. The molecule has 140 valence electrons. The van der Waals surface area contributed by atoms with Gasteiger partial charge in [-0.15, -0.1) is 0 Å². The molecule has 1 N–H and O–H groups in total. The van der Waals surface area contributed by atoms with Crippen LogP contribution >= 0.6 is 23.2 Å². The summed E-state index contributed by atoms with van der Waals surface area (Å²) in [7, 11) is 0. The third-order valence-corrected chi connectivity index (χ3v) is 5.46. The van der Waals surface area contributed by atoms with Crippen molar-refractivity contribution in [2.24, 2.45) is 0 Å². The summed E-state index contributed by atoms with van der Waals surface area (Å²) in [6, 6.07) is 8.06. The number of allylic oxidation sites excluding steroid dienone is 1. The van der Waals surface area contributed by atoms with Crippen molar-refractivity contribution in [3.63, 3.8) is 0 Å². The van der Waals surface area contributed by atoms with Gasteiger partial charge in [-0.05, 0) is 24.3 Å². The number of quaternary nitrogens is 1. The maximum Gasteiger partial charge on any atom is 0.231 e. The van der Waals surface area contributed by atoms with Gasteiger partial charge < -0.3 is 19.5 Å². The van der Waals surface area contributed by atoms with Crippen molar-refractivity contribution in [2.75, 3.05) is 26.3 Å². The number of ketones is 1. The molecule has 0 aromatic heterocycles. The smallest absolute Gasteiger partial charge is 0.231 e. The fourth-order valence-electron chi connectivity index (χ4n) is 3.32. The van der Waals surface area contributed by atoms with Crippen molar-refractivity contribution in [3.05, 3.63) is 62.8 Å². The van der Waals surface area contributed by atoms with Gasteiger partial charge in [0.05, 0.1) is 18.8 Å². The van der Waals surface area contributed by atoms with E-state index in [1.807, 2.05) is 0 Å². The average molecular weight is 406 g/mol. The van der Waals surface area contributed by atoms with Crippen molar-refractivity contribution >= 4 is 35.1 Å². The van der Waals surface area contributed by atoms with Crippen molar-refractivity contribution in [1.29, 1.82) is 0 Å². The number of morpholine rings is 1. The van der Waals surface area contributed by atoms with Crippen LogP contribution in [0.2, 0.25) is 10.0 Å². The highest BCUT2D eigenvalue weighted by molar-refractivity contribution is 6.37. The normalized spacial score (nSPS) is 18.6. The molecule has 0 atom stereocenters. The van der Waals surface area contributed by atoms with Crippen LogP contribution in [-0.4, -0.2) is 32.1 Å². The predicted octanol–water partition coefficient (Wildman–Crippen LogP) is 2.10. The van der Waals surface area contributed by atoms with Gasteiger partial charge in [-0.3, -0.25) is 4.79 Å². The van der Waals surface area contributed by atoms with Gasteiger partial charge in [-0.25, -0.2) is 0 Å². The Kier molecular flexibility index (Phi) is 5.10. The number of carbonyl (C=O) groups is 1. The van der Waals surface area contributed by atoms with Crippen LogP contribution in [0.25, 0.3) is 6.08 Å². The van der Waals surface area contributed by atoms with E-state index >= 15 is 0 Å². The predicted molar refractivity (Wildman–Crippen MR) is 101 cm³/mol. The number of nitrogens with one attached hydrogen (secondary N) is 1. The molecule has 1 saturated heterocycles. The Bertz CT molecular complexity index is 916. The first-order valence-corrected chi connectivity index (χ1v) is 9.42. The van der Waals surface area contributed by atoms with Crippen molar-refractivity contribution < 1.29 is 24.3 Å². The van der Waals surface area contributed by atoms with Crippen LogP contribution in [0.3, 0.4) is 0 Å². The van der Waals surface area contributed by atoms with Crippen molar-refractivity contribution in [1.82, 2.24) is 0 Å². The minimum absolute atomic E-state index is 0.115. The summed E-state index contributed by atoms with van der Waals surface area (Å²) in [4.78, 5) is 14.0. The SMILES string of the molecule is O=C1C(=Cc2c(Cl)cccc2Cl)Oc2c1ccc([O-])c2C[NH+]1CCOCC1. The third-order valence-electron chi connectivity index (χ3n) is 4.80. The molecule has 4 rings (SSSR count).